The second-order valence-corrected chi connectivity index (χ2v) is 7.16. The standard InChI is InChI=1S/C19H30N2O/c1-14(2)22-19-12-16(13-20-17-8-9-17)7-10-18(19)21-11-5-4-6-15(21)3/h7,10,12,14-15,17,20H,4-6,8-9,11,13H2,1-3H3. The van der Waals surface area contributed by atoms with Gasteiger partial charge < -0.3 is 15.0 Å². The summed E-state index contributed by atoms with van der Waals surface area (Å²) in [6, 6.07) is 8.13. The number of ether oxygens (including phenoxy) is 1. The van der Waals surface area contributed by atoms with E-state index in [0.717, 1.165) is 24.9 Å². The lowest BCUT2D eigenvalue weighted by Gasteiger charge is -2.36. The average molecular weight is 302 g/mol. The number of anilines is 1. The topological polar surface area (TPSA) is 24.5 Å². The summed E-state index contributed by atoms with van der Waals surface area (Å²) in [6.45, 7) is 8.65. The van der Waals surface area contributed by atoms with Gasteiger partial charge in [-0.1, -0.05) is 6.07 Å². The molecule has 0 spiro atoms. The molecule has 1 saturated heterocycles. The van der Waals surface area contributed by atoms with Crippen LogP contribution in [0.4, 0.5) is 5.69 Å². The van der Waals surface area contributed by atoms with E-state index < -0.39 is 0 Å². The average Bonchev–Trinajstić information content (AvgIpc) is 3.30. The van der Waals surface area contributed by atoms with Crippen molar-refractivity contribution in [2.24, 2.45) is 0 Å². The number of piperidine rings is 1. The predicted molar refractivity (Wildman–Crippen MR) is 92.7 cm³/mol. The first kappa shape index (κ1) is 15.7. The zero-order valence-electron chi connectivity index (χ0n) is 14.3. The molecule has 1 N–H and O–H groups in total. The third-order valence-electron chi connectivity index (χ3n) is 4.67. The zero-order chi connectivity index (χ0) is 15.5. The minimum Gasteiger partial charge on any atom is -0.489 e. The lowest BCUT2D eigenvalue weighted by molar-refractivity contribution is 0.242. The molecule has 0 amide bonds. The quantitative estimate of drug-likeness (QED) is 0.856. The number of nitrogens with one attached hydrogen (secondary N) is 1. The molecule has 0 radical (unpaired) electrons. The highest BCUT2D eigenvalue weighted by atomic mass is 16.5. The summed E-state index contributed by atoms with van der Waals surface area (Å²) in [4.78, 5) is 2.53. The van der Waals surface area contributed by atoms with Crippen LogP contribution in [0.25, 0.3) is 0 Å². The molecule has 2 fully saturated rings. The third kappa shape index (κ3) is 3.95. The lowest BCUT2D eigenvalue weighted by atomic mass is 10.0. The van der Waals surface area contributed by atoms with Gasteiger partial charge in [0.1, 0.15) is 5.75 Å². The van der Waals surface area contributed by atoms with Gasteiger partial charge in [0.05, 0.1) is 11.8 Å². The number of rotatable bonds is 6. The van der Waals surface area contributed by atoms with Crippen molar-refractivity contribution in [1.82, 2.24) is 5.32 Å². The monoisotopic (exact) mass is 302 g/mol. The van der Waals surface area contributed by atoms with Crippen molar-refractivity contribution < 1.29 is 4.74 Å². The van der Waals surface area contributed by atoms with Crippen molar-refractivity contribution in [1.29, 1.82) is 0 Å². The maximum atomic E-state index is 6.14. The van der Waals surface area contributed by atoms with Crippen molar-refractivity contribution in [3.8, 4) is 5.75 Å². The fraction of sp³-hybridized carbons (Fsp3) is 0.684. The van der Waals surface area contributed by atoms with E-state index in [4.69, 9.17) is 4.74 Å². The molecule has 1 heterocycles. The van der Waals surface area contributed by atoms with Gasteiger partial charge in [0.25, 0.3) is 0 Å². The van der Waals surface area contributed by atoms with Gasteiger partial charge in [-0.3, -0.25) is 0 Å². The fourth-order valence-electron chi connectivity index (χ4n) is 3.26. The van der Waals surface area contributed by atoms with Crippen LogP contribution in [0.1, 0.15) is 58.4 Å². The lowest BCUT2D eigenvalue weighted by Crippen LogP contribution is -2.37. The second kappa shape index (κ2) is 6.91. The van der Waals surface area contributed by atoms with Crippen LogP contribution in [-0.2, 0) is 6.54 Å². The molecular formula is C19H30N2O. The van der Waals surface area contributed by atoms with E-state index >= 15 is 0 Å². The summed E-state index contributed by atoms with van der Waals surface area (Å²) in [5.74, 6) is 1.05. The van der Waals surface area contributed by atoms with Crippen molar-refractivity contribution in [2.45, 2.75) is 77.6 Å². The first-order valence-corrected chi connectivity index (χ1v) is 8.93. The number of hydrogen-bond acceptors (Lipinski definition) is 3. The Hall–Kier alpha value is -1.22. The highest BCUT2D eigenvalue weighted by molar-refractivity contribution is 5.60. The molecule has 0 aromatic heterocycles. The van der Waals surface area contributed by atoms with Crippen molar-refractivity contribution >= 4 is 5.69 Å². The Kier molecular flexibility index (Phi) is 4.92. The van der Waals surface area contributed by atoms with E-state index in [1.54, 1.807) is 0 Å². The maximum absolute atomic E-state index is 6.14. The smallest absolute Gasteiger partial charge is 0.143 e. The Morgan fingerprint density at radius 1 is 1.23 bits per heavy atom. The molecule has 3 heteroatoms. The van der Waals surface area contributed by atoms with Crippen molar-refractivity contribution in [2.75, 3.05) is 11.4 Å². The fourth-order valence-corrected chi connectivity index (χ4v) is 3.26. The molecule has 0 bridgehead atoms. The summed E-state index contributed by atoms with van der Waals surface area (Å²) < 4.78 is 6.14. The largest absolute Gasteiger partial charge is 0.489 e. The van der Waals surface area contributed by atoms with Crippen LogP contribution in [0.2, 0.25) is 0 Å². The van der Waals surface area contributed by atoms with Gasteiger partial charge in [-0.15, -0.1) is 0 Å². The van der Waals surface area contributed by atoms with Crippen LogP contribution in [0.3, 0.4) is 0 Å². The Bertz CT molecular complexity index is 496. The molecule has 22 heavy (non-hydrogen) atoms. The van der Waals surface area contributed by atoms with Gasteiger partial charge in [0.2, 0.25) is 0 Å². The van der Waals surface area contributed by atoms with Gasteiger partial charge in [0, 0.05) is 25.2 Å². The van der Waals surface area contributed by atoms with Crippen LogP contribution in [0, 0.1) is 0 Å². The molecule has 3 nitrogen and oxygen atoms in total. The summed E-state index contributed by atoms with van der Waals surface area (Å²) in [7, 11) is 0. The Morgan fingerprint density at radius 3 is 2.73 bits per heavy atom. The second-order valence-electron chi connectivity index (χ2n) is 7.16. The van der Waals surface area contributed by atoms with E-state index in [0.29, 0.717) is 6.04 Å². The van der Waals surface area contributed by atoms with Crippen LogP contribution in [0.5, 0.6) is 5.75 Å². The van der Waals surface area contributed by atoms with Gasteiger partial charge >= 0.3 is 0 Å². The molecule has 1 saturated carbocycles. The Morgan fingerprint density at radius 2 is 2.05 bits per heavy atom. The van der Waals surface area contributed by atoms with Crippen LogP contribution < -0.4 is 15.0 Å². The van der Waals surface area contributed by atoms with E-state index in [1.807, 2.05) is 0 Å². The van der Waals surface area contributed by atoms with Crippen LogP contribution in [-0.4, -0.2) is 24.7 Å². The molecule has 3 rings (SSSR count). The number of nitrogens with zero attached hydrogens (tertiary/aromatic N) is 1. The molecule has 1 aliphatic heterocycles. The van der Waals surface area contributed by atoms with Crippen LogP contribution in [0.15, 0.2) is 18.2 Å². The number of benzene rings is 1. The Balaban J connectivity index is 1.79. The predicted octanol–water partition coefficient (Wildman–Crippen LogP) is 4.10. The van der Waals surface area contributed by atoms with Crippen LogP contribution >= 0.6 is 0 Å². The minimum absolute atomic E-state index is 0.213. The molecule has 1 unspecified atom stereocenters. The third-order valence-corrected chi connectivity index (χ3v) is 4.67. The van der Waals surface area contributed by atoms with Gasteiger partial charge in [-0.05, 0) is 70.6 Å². The molecule has 1 aromatic rings. The van der Waals surface area contributed by atoms with E-state index in [-0.39, 0.29) is 6.10 Å². The molecule has 122 valence electrons. The molecule has 1 aliphatic carbocycles. The highest BCUT2D eigenvalue weighted by Crippen LogP contribution is 2.34. The van der Waals surface area contributed by atoms with E-state index in [9.17, 15) is 0 Å². The van der Waals surface area contributed by atoms with E-state index in [1.165, 1.54) is 43.4 Å². The van der Waals surface area contributed by atoms with Crippen molar-refractivity contribution in [3.05, 3.63) is 23.8 Å². The number of hydrogen-bond donors (Lipinski definition) is 1. The highest BCUT2D eigenvalue weighted by Gasteiger charge is 2.23. The van der Waals surface area contributed by atoms with Gasteiger partial charge in [-0.25, -0.2) is 0 Å². The van der Waals surface area contributed by atoms with Gasteiger partial charge in [0.15, 0.2) is 0 Å². The summed E-state index contributed by atoms with van der Waals surface area (Å²) in [6.07, 6.45) is 6.80. The molecular weight excluding hydrogens is 272 g/mol. The SMILES string of the molecule is CC(C)Oc1cc(CNC2CC2)ccc1N1CCCCC1C. The Labute approximate surface area is 135 Å². The molecule has 1 atom stereocenters. The van der Waals surface area contributed by atoms with E-state index in [2.05, 4.69) is 49.2 Å². The summed E-state index contributed by atoms with van der Waals surface area (Å²) in [5, 5.41) is 3.59. The molecule has 2 aliphatic rings. The summed E-state index contributed by atoms with van der Waals surface area (Å²) >= 11 is 0. The first-order valence-electron chi connectivity index (χ1n) is 8.93. The van der Waals surface area contributed by atoms with Crippen molar-refractivity contribution in [3.63, 3.8) is 0 Å². The summed E-state index contributed by atoms with van der Waals surface area (Å²) in [5.41, 5.74) is 2.60. The maximum Gasteiger partial charge on any atom is 0.143 e. The minimum atomic E-state index is 0.213. The zero-order valence-corrected chi connectivity index (χ0v) is 14.3. The normalized spacial score (nSPS) is 22.2. The van der Waals surface area contributed by atoms with Gasteiger partial charge in [-0.2, -0.15) is 0 Å². The molecule has 1 aromatic carbocycles. The first-order chi connectivity index (χ1) is 10.6.